The fraction of sp³-hybridized carbons (Fsp3) is 0.286. The van der Waals surface area contributed by atoms with E-state index in [1.54, 1.807) is 0 Å². The first-order chi connectivity index (χ1) is 5.66. The van der Waals surface area contributed by atoms with E-state index < -0.39 is 0 Å². The minimum atomic E-state index is -0.304. The molecule has 0 aliphatic carbocycles. The molecule has 0 fully saturated rings. The smallest absolute Gasteiger partial charge is 0.277 e. The minimum absolute atomic E-state index is 0.304. The van der Waals surface area contributed by atoms with Crippen molar-refractivity contribution in [2.24, 2.45) is 0 Å². The zero-order valence-corrected chi connectivity index (χ0v) is 8.25. The second-order valence-electron chi connectivity index (χ2n) is 2.20. The van der Waals surface area contributed by atoms with Crippen LogP contribution in [0.15, 0.2) is 5.38 Å². The van der Waals surface area contributed by atoms with Gasteiger partial charge in [0.2, 0.25) is 0 Å². The van der Waals surface area contributed by atoms with E-state index in [0.29, 0.717) is 9.90 Å². The molecule has 0 aliphatic rings. The molecule has 5 heteroatoms. The lowest BCUT2D eigenvalue weighted by molar-refractivity contribution is 0.0537. The largest absolute Gasteiger partial charge is 0.277 e. The standard InChI is InChI=1S/C7H8ClNO2S/c1-4-3-12-6(8)5(4)7(10)9-11-2/h3H,1-2H3,(H,9,10). The molecule has 0 unspecified atom stereocenters. The zero-order chi connectivity index (χ0) is 9.14. The van der Waals surface area contributed by atoms with Crippen molar-refractivity contribution < 1.29 is 9.63 Å². The van der Waals surface area contributed by atoms with Crippen molar-refractivity contribution in [1.82, 2.24) is 5.48 Å². The molecule has 1 aromatic rings. The van der Waals surface area contributed by atoms with Gasteiger partial charge >= 0.3 is 0 Å². The van der Waals surface area contributed by atoms with Crippen LogP contribution >= 0.6 is 22.9 Å². The molecule has 1 heterocycles. The Morgan fingerprint density at radius 3 is 2.83 bits per heavy atom. The maximum Gasteiger partial charge on any atom is 0.277 e. The topological polar surface area (TPSA) is 38.3 Å². The normalized spacial score (nSPS) is 9.92. The average molecular weight is 206 g/mol. The van der Waals surface area contributed by atoms with Gasteiger partial charge < -0.3 is 0 Å². The van der Waals surface area contributed by atoms with Gasteiger partial charge in [-0.2, -0.15) is 0 Å². The van der Waals surface area contributed by atoms with E-state index in [9.17, 15) is 4.79 Å². The van der Waals surface area contributed by atoms with Gasteiger partial charge in [0.05, 0.1) is 12.7 Å². The quantitative estimate of drug-likeness (QED) is 0.751. The van der Waals surface area contributed by atoms with Gasteiger partial charge in [-0.1, -0.05) is 11.6 Å². The third-order valence-electron chi connectivity index (χ3n) is 1.35. The highest BCUT2D eigenvalue weighted by molar-refractivity contribution is 7.15. The van der Waals surface area contributed by atoms with Gasteiger partial charge in [-0.3, -0.25) is 9.63 Å². The number of hydrogen-bond donors (Lipinski definition) is 1. The van der Waals surface area contributed by atoms with Crippen molar-refractivity contribution in [1.29, 1.82) is 0 Å². The fourth-order valence-corrected chi connectivity index (χ4v) is 1.96. The second kappa shape index (κ2) is 3.89. The number of thiophene rings is 1. The molecule has 0 atom stereocenters. The summed E-state index contributed by atoms with van der Waals surface area (Å²) in [6.45, 7) is 1.83. The molecule has 0 aliphatic heterocycles. The monoisotopic (exact) mass is 205 g/mol. The molecule has 1 N–H and O–H groups in total. The maximum absolute atomic E-state index is 11.2. The summed E-state index contributed by atoms with van der Waals surface area (Å²) >= 11 is 7.11. The molecule has 1 rings (SSSR count). The van der Waals surface area contributed by atoms with Gasteiger partial charge in [0, 0.05) is 0 Å². The van der Waals surface area contributed by atoms with Crippen LogP contribution < -0.4 is 5.48 Å². The molecule has 0 aromatic carbocycles. The van der Waals surface area contributed by atoms with Gasteiger partial charge in [0.1, 0.15) is 4.34 Å². The van der Waals surface area contributed by atoms with E-state index in [1.807, 2.05) is 12.3 Å². The SMILES string of the molecule is CONC(=O)c1c(C)csc1Cl. The zero-order valence-electron chi connectivity index (χ0n) is 6.68. The Bertz CT molecular complexity index is 278. The number of nitrogens with one attached hydrogen (secondary N) is 1. The number of rotatable bonds is 2. The number of hydroxylamine groups is 1. The van der Waals surface area contributed by atoms with Crippen LogP contribution in [0.3, 0.4) is 0 Å². The highest BCUT2D eigenvalue weighted by Crippen LogP contribution is 2.26. The highest BCUT2D eigenvalue weighted by Gasteiger charge is 2.14. The van der Waals surface area contributed by atoms with Crippen LogP contribution in [0.25, 0.3) is 0 Å². The van der Waals surface area contributed by atoms with Crippen LogP contribution in [-0.2, 0) is 4.84 Å². The Balaban J connectivity index is 2.93. The predicted molar refractivity (Wildman–Crippen MR) is 48.5 cm³/mol. The molecule has 0 saturated heterocycles. The summed E-state index contributed by atoms with van der Waals surface area (Å²) in [6, 6.07) is 0. The predicted octanol–water partition coefficient (Wildman–Crippen LogP) is 2.00. The molecular formula is C7H8ClNO2S. The third kappa shape index (κ3) is 1.77. The number of amides is 1. The lowest BCUT2D eigenvalue weighted by Gasteiger charge is -2.00. The van der Waals surface area contributed by atoms with Crippen LogP contribution in [0, 0.1) is 6.92 Å². The van der Waals surface area contributed by atoms with Gasteiger partial charge in [-0.05, 0) is 17.9 Å². The molecule has 3 nitrogen and oxygen atoms in total. The average Bonchev–Trinajstić information content (AvgIpc) is 2.32. The van der Waals surface area contributed by atoms with E-state index in [1.165, 1.54) is 18.4 Å². The van der Waals surface area contributed by atoms with Gasteiger partial charge in [0.25, 0.3) is 5.91 Å². The third-order valence-corrected chi connectivity index (χ3v) is 2.69. The minimum Gasteiger partial charge on any atom is -0.277 e. The number of halogens is 1. The van der Waals surface area contributed by atoms with Gasteiger partial charge in [-0.15, -0.1) is 11.3 Å². The first-order valence-corrected chi connectivity index (χ1v) is 4.49. The van der Waals surface area contributed by atoms with Crippen molar-refractivity contribution in [3.63, 3.8) is 0 Å². The summed E-state index contributed by atoms with van der Waals surface area (Å²) in [4.78, 5) is 15.7. The molecule has 0 bridgehead atoms. The summed E-state index contributed by atoms with van der Waals surface area (Å²) in [6.07, 6.45) is 0. The van der Waals surface area contributed by atoms with E-state index in [4.69, 9.17) is 11.6 Å². The van der Waals surface area contributed by atoms with Gasteiger partial charge in [-0.25, -0.2) is 5.48 Å². The van der Waals surface area contributed by atoms with E-state index in [-0.39, 0.29) is 5.91 Å². The van der Waals surface area contributed by atoms with Crippen LogP contribution in [0.1, 0.15) is 15.9 Å². The number of aryl methyl sites for hydroxylation is 1. The fourth-order valence-electron chi connectivity index (χ4n) is 0.825. The maximum atomic E-state index is 11.2. The Kier molecular flexibility index (Phi) is 3.08. The molecule has 12 heavy (non-hydrogen) atoms. The lowest BCUT2D eigenvalue weighted by atomic mass is 10.2. The summed E-state index contributed by atoms with van der Waals surface area (Å²) < 4.78 is 0.488. The van der Waals surface area contributed by atoms with Crippen LogP contribution in [-0.4, -0.2) is 13.0 Å². The van der Waals surface area contributed by atoms with E-state index in [0.717, 1.165) is 5.56 Å². The van der Waals surface area contributed by atoms with E-state index in [2.05, 4.69) is 10.3 Å². The Morgan fingerprint density at radius 2 is 2.42 bits per heavy atom. The summed E-state index contributed by atoms with van der Waals surface area (Å²) in [5, 5.41) is 1.83. The van der Waals surface area contributed by atoms with Crippen LogP contribution in [0.5, 0.6) is 0 Å². The first kappa shape index (κ1) is 9.51. The number of carbonyl (C=O) groups excluding carboxylic acids is 1. The first-order valence-electron chi connectivity index (χ1n) is 3.23. The molecule has 0 radical (unpaired) electrons. The number of hydrogen-bond acceptors (Lipinski definition) is 3. The Morgan fingerprint density at radius 1 is 1.75 bits per heavy atom. The number of carbonyl (C=O) groups is 1. The molecule has 66 valence electrons. The van der Waals surface area contributed by atoms with Crippen molar-refractivity contribution in [3.8, 4) is 0 Å². The molecular weight excluding hydrogens is 198 g/mol. The summed E-state index contributed by atoms with van der Waals surface area (Å²) in [5.41, 5.74) is 3.56. The lowest BCUT2D eigenvalue weighted by Crippen LogP contribution is -2.22. The van der Waals surface area contributed by atoms with E-state index >= 15 is 0 Å². The van der Waals surface area contributed by atoms with Crippen molar-refractivity contribution >= 4 is 28.8 Å². The van der Waals surface area contributed by atoms with Crippen LogP contribution in [0.4, 0.5) is 0 Å². The Hall–Kier alpha value is -0.580. The molecule has 0 saturated carbocycles. The molecule has 1 aromatic heterocycles. The summed E-state index contributed by atoms with van der Waals surface area (Å²) in [5.74, 6) is -0.304. The highest BCUT2D eigenvalue weighted by atomic mass is 35.5. The van der Waals surface area contributed by atoms with Crippen molar-refractivity contribution in [2.75, 3.05) is 7.11 Å². The van der Waals surface area contributed by atoms with Crippen molar-refractivity contribution in [3.05, 3.63) is 20.8 Å². The van der Waals surface area contributed by atoms with Crippen molar-refractivity contribution in [2.45, 2.75) is 6.92 Å². The van der Waals surface area contributed by atoms with Crippen LogP contribution in [0.2, 0.25) is 4.34 Å². The second-order valence-corrected chi connectivity index (χ2v) is 3.68. The Labute approximate surface area is 79.2 Å². The van der Waals surface area contributed by atoms with Gasteiger partial charge in [0.15, 0.2) is 0 Å². The molecule has 0 spiro atoms. The summed E-state index contributed by atoms with van der Waals surface area (Å²) in [7, 11) is 1.38. The molecule has 1 amide bonds.